The summed E-state index contributed by atoms with van der Waals surface area (Å²) in [6.07, 6.45) is -4.70. The summed E-state index contributed by atoms with van der Waals surface area (Å²) in [7, 11) is 0. The van der Waals surface area contributed by atoms with Crippen LogP contribution in [-0.2, 0) is 17.9 Å². The quantitative estimate of drug-likeness (QED) is 0.611. The Morgan fingerprint density at radius 2 is 1.85 bits per heavy atom. The van der Waals surface area contributed by atoms with E-state index in [-0.39, 0.29) is 5.56 Å². The molecule has 0 spiro atoms. The first kappa shape index (κ1) is 9.98. The summed E-state index contributed by atoms with van der Waals surface area (Å²) in [4.78, 5) is 0. The summed E-state index contributed by atoms with van der Waals surface area (Å²) in [5.41, 5.74) is -1.34. The predicted octanol–water partition coefficient (Wildman–Crippen LogP) is 2.78. The van der Waals surface area contributed by atoms with Crippen molar-refractivity contribution in [2.75, 3.05) is 0 Å². The third kappa shape index (κ3) is 2.18. The Bertz CT molecular complexity index is 306. The van der Waals surface area contributed by atoms with Crippen LogP contribution < -0.4 is 0 Å². The molecule has 0 saturated heterocycles. The van der Waals surface area contributed by atoms with Crippen LogP contribution in [0, 0.1) is 5.82 Å². The van der Waals surface area contributed by atoms with Gasteiger partial charge in [-0.15, -0.1) is 0 Å². The van der Waals surface area contributed by atoms with E-state index in [1.165, 1.54) is 0 Å². The van der Waals surface area contributed by atoms with E-state index < -0.39 is 24.2 Å². The summed E-state index contributed by atoms with van der Waals surface area (Å²) >= 11 is 0. The second-order valence-corrected chi connectivity index (χ2v) is 2.46. The maximum Gasteiger partial charge on any atom is 0.419 e. The van der Waals surface area contributed by atoms with Gasteiger partial charge in [0.25, 0.3) is 0 Å². The first-order valence-corrected chi connectivity index (χ1v) is 3.39. The fourth-order valence-electron chi connectivity index (χ4n) is 0.878. The van der Waals surface area contributed by atoms with Crippen molar-refractivity contribution in [3.05, 3.63) is 35.1 Å². The van der Waals surface area contributed by atoms with Gasteiger partial charge in [-0.1, -0.05) is 6.07 Å². The molecule has 0 aliphatic heterocycles. The Kier molecular flexibility index (Phi) is 2.56. The predicted molar refractivity (Wildman–Crippen MR) is 35.8 cm³/mol. The lowest BCUT2D eigenvalue weighted by Crippen LogP contribution is -2.08. The van der Waals surface area contributed by atoms with E-state index in [9.17, 15) is 22.7 Å². The minimum absolute atomic E-state index is 0.00509. The number of hydrogen-bond donors (Lipinski definition) is 0. The molecule has 0 unspecified atom stereocenters. The van der Waals surface area contributed by atoms with Crippen molar-refractivity contribution in [3.8, 4) is 0 Å². The van der Waals surface area contributed by atoms with Crippen LogP contribution in [0.15, 0.2) is 18.2 Å². The van der Waals surface area contributed by atoms with Crippen LogP contribution in [0.3, 0.4) is 0 Å². The molecule has 0 amide bonds. The zero-order chi connectivity index (χ0) is 10.1. The molecule has 1 radical (unpaired) electrons. The van der Waals surface area contributed by atoms with Gasteiger partial charge in [0, 0.05) is 0 Å². The maximum atomic E-state index is 12.7. The topological polar surface area (TPSA) is 19.9 Å². The molecule has 1 rings (SSSR count). The van der Waals surface area contributed by atoms with Crippen molar-refractivity contribution < 1.29 is 22.7 Å². The van der Waals surface area contributed by atoms with Gasteiger partial charge < -0.3 is 0 Å². The standard InChI is InChI=1S/C8H5F4O/c9-7-3-5(4-13)1-2-6(7)8(10,11)12/h1-3H,4H2. The first-order valence-electron chi connectivity index (χ1n) is 3.39. The highest BCUT2D eigenvalue weighted by Gasteiger charge is 2.33. The fourth-order valence-corrected chi connectivity index (χ4v) is 0.878. The van der Waals surface area contributed by atoms with E-state index >= 15 is 0 Å². The lowest BCUT2D eigenvalue weighted by molar-refractivity contribution is -0.140. The maximum absolute atomic E-state index is 12.7. The third-order valence-electron chi connectivity index (χ3n) is 1.51. The molecule has 1 aromatic rings. The largest absolute Gasteiger partial charge is 0.419 e. The molecule has 5 heteroatoms. The van der Waals surface area contributed by atoms with Gasteiger partial charge in [-0.3, -0.25) is 0 Å². The molecule has 0 aliphatic rings. The molecule has 1 nitrogen and oxygen atoms in total. The van der Waals surface area contributed by atoms with Crippen LogP contribution in [0.5, 0.6) is 0 Å². The average Bonchev–Trinajstić information content (AvgIpc) is 2.01. The number of hydrogen-bond acceptors (Lipinski definition) is 0. The van der Waals surface area contributed by atoms with Crippen LogP contribution in [0.4, 0.5) is 17.6 Å². The normalized spacial score (nSPS) is 11.8. The van der Waals surface area contributed by atoms with Gasteiger partial charge in [0.2, 0.25) is 0 Å². The number of alkyl halides is 3. The summed E-state index contributed by atoms with van der Waals surface area (Å²) in [6.45, 7) is -0.727. The van der Waals surface area contributed by atoms with Gasteiger partial charge >= 0.3 is 6.18 Å². The number of halogens is 4. The molecule has 0 saturated carbocycles. The van der Waals surface area contributed by atoms with E-state index in [1.807, 2.05) is 0 Å². The monoisotopic (exact) mass is 193 g/mol. The van der Waals surface area contributed by atoms with Crippen molar-refractivity contribution in [1.82, 2.24) is 0 Å². The highest BCUT2D eigenvalue weighted by atomic mass is 19.4. The van der Waals surface area contributed by atoms with Crippen LogP contribution in [0.1, 0.15) is 11.1 Å². The summed E-state index contributed by atoms with van der Waals surface area (Å²) < 4.78 is 48.6. The highest BCUT2D eigenvalue weighted by molar-refractivity contribution is 5.25. The van der Waals surface area contributed by atoms with Crippen LogP contribution in [0.25, 0.3) is 0 Å². The van der Waals surface area contributed by atoms with Crippen LogP contribution in [-0.4, -0.2) is 0 Å². The lowest BCUT2D eigenvalue weighted by atomic mass is 10.1. The van der Waals surface area contributed by atoms with E-state index in [1.54, 1.807) is 0 Å². The number of rotatable bonds is 1. The van der Waals surface area contributed by atoms with Gasteiger partial charge in [-0.2, -0.15) is 13.2 Å². The summed E-state index contributed by atoms with van der Waals surface area (Å²) in [5.74, 6) is -1.40. The molecule has 13 heavy (non-hydrogen) atoms. The molecular formula is C8H5F4O. The van der Waals surface area contributed by atoms with Gasteiger partial charge in [-0.05, 0) is 17.7 Å². The Morgan fingerprint density at radius 3 is 2.23 bits per heavy atom. The van der Waals surface area contributed by atoms with Crippen molar-refractivity contribution in [2.24, 2.45) is 0 Å². The lowest BCUT2D eigenvalue weighted by Gasteiger charge is -2.07. The summed E-state index contributed by atoms with van der Waals surface area (Å²) in [6, 6.07) is 2.15. The van der Waals surface area contributed by atoms with Gasteiger partial charge in [0.15, 0.2) is 0 Å². The fraction of sp³-hybridized carbons (Fsp3) is 0.250. The zero-order valence-electron chi connectivity index (χ0n) is 6.36. The minimum atomic E-state index is -4.70. The van der Waals surface area contributed by atoms with Crippen molar-refractivity contribution in [1.29, 1.82) is 0 Å². The van der Waals surface area contributed by atoms with Gasteiger partial charge in [0.05, 0.1) is 5.56 Å². The zero-order valence-corrected chi connectivity index (χ0v) is 6.36. The average molecular weight is 193 g/mol. The summed E-state index contributed by atoms with van der Waals surface area (Å²) in [5, 5.41) is 10.2. The molecule has 0 atom stereocenters. The Hall–Kier alpha value is -1.10. The Morgan fingerprint density at radius 1 is 1.23 bits per heavy atom. The van der Waals surface area contributed by atoms with E-state index in [0.29, 0.717) is 12.1 Å². The van der Waals surface area contributed by atoms with Gasteiger partial charge in [0.1, 0.15) is 12.4 Å². The SMILES string of the molecule is [O]Cc1ccc(C(F)(F)F)c(F)c1. The molecular weight excluding hydrogens is 188 g/mol. The third-order valence-corrected chi connectivity index (χ3v) is 1.51. The Balaban J connectivity index is 3.13. The van der Waals surface area contributed by atoms with E-state index in [4.69, 9.17) is 0 Å². The van der Waals surface area contributed by atoms with Crippen molar-refractivity contribution in [3.63, 3.8) is 0 Å². The minimum Gasteiger partial charge on any atom is -0.232 e. The van der Waals surface area contributed by atoms with E-state index in [0.717, 1.165) is 6.07 Å². The van der Waals surface area contributed by atoms with Crippen molar-refractivity contribution >= 4 is 0 Å². The number of benzene rings is 1. The highest BCUT2D eigenvalue weighted by Crippen LogP contribution is 2.31. The second-order valence-electron chi connectivity index (χ2n) is 2.46. The molecule has 0 aliphatic carbocycles. The molecule has 0 heterocycles. The molecule has 0 aromatic heterocycles. The molecule has 0 bridgehead atoms. The van der Waals surface area contributed by atoms with E-state index in [2.05, 4.69) is 0 Å². The first-order chi connectivity index (χ1) is 5.95. The molecule has 1 aromatic carbocycles. The Labute approximate surface area is 71.6 Å². The van der Waals surface area contributed by atoms with Crippen molar-refractivity contribution in [2.45, 2.75) is 12.8 Å². The molecule has 0 fully saturated rings. The van der Waals surface area contributed by atoms with Gasteiger partial charge in [-0.25, -0.2) is 9.50 Å². The smallest absolute Gasteiger partial charge is 0.232 e. The van der Waals surface area contributed by atoms with Crippen LogP contribution in [0.2, 0.25) is 0 Å². The molecule has 71 valence electrons. The van der Waals surface area contributed by atoms with Crippen LogP contribution >= 0.6 is 0 Å². The molecule has 0 N–H and O–H groups in total. The second kappa shape index (κ2) is 3.33.